The molecule has 0 aromatic heterocycles. The molecule has 0 bridgehead atoms. The molecule has 2 amide bonds. The van der Waals surface area contributed by atoms with Gasteiger partial charge in [-0.1, -0.05) is 97.1 Å². The van der Waals surface area contributed by atoms with Gasteiger partial charge in [0.25, 0.3) is 0 Å². The minimum atomic E-state index is -0.645. The first-order valence-electron chi connectivity index (χ1n) is 17.5. The lowest BCUT2D eigenvalue weighted by Gasteiger charge is -2.24. The van der Waals surface area contributed by atoms with E-state index in [1.807, 2.05) is 121 Å². The third-order valence-electron chi connectivity index (χ3n) is 8.59. The van der Waals surface area contributed by atoms with E-state index in [0.717, 1.165) is 33.8 Å². The molecule has 266 valence electrons. The zero-order chi connectivity index (χ0) is 35.7. The third-order valence-corrected chi connectivity index (χ3v) is 8.59. The monoisotopic (exact) mass is 690 g/mol. The zero-order valence-electron chi connectivity index (χ0n) is 28.7. The smallest absolute Gasteiger partial charge is 0.306 e. The predicted octanol–water partition coefficient (Wildman–Crippen LogP) is 5.88. The van der Waals surface area contributed by atoms with E-state index < -0.39 is 18.0 Å². The lowest BCUT2D eigenvalue weighted by atomic mass is 9.97. The Hall–Kier alpha value is -5.41. The Balaban J connectivity index is 1.15. The van der Waals surface area contributed by atoms with Gasteiger partial charge >= 0.3 is 5.97 Å². The number of esters is 1. The number of aliphatic hydroxyl groups excluding tert-OH is 1. The van der Waals surface area contributed by atoms with E-state index in [1.54, 1.807) is 0 Å². The fourth-order valence-corrected chi connectivity index (χ4v) is 5.76. The number of rotatable bonds is 14. The van der Waals surface area contributed by atoms with Crippen LogP contribution in [0.15, 0.2) is 121 Å². The Morgan fingerprint density at radius 3 is 1.96 bits per heavy atom. The number of hydrogen-bond acceptors (Lipinski definition) is 7. The summed E-state index contributed by atoms with van der Waals surface area (Å²) in [5.74, 6) is -0.151. The van der Waals surface area contributed by atoms with Crippen LogP contribution in [0.3, 0.4) is 0 Å². The summed E-state index contributed by atoms with van der Waals surface area (Å²) in [5.41, 5.74) is 4.01. The molecule has 0 unspecified atom stereocenters. The van der Waals surface area contributed by atoms with Crippen molar-refractivity contribution in [3.05, 3.63) is 144 Å². The quantitative estimate of drug-likeness (QED) is 0.112. The Kier molecular flexibility index (Phi) is 14.2. The SMILES string of the molecule is O=C(C[C@H]1CC=CCCC(=O)OC[C@H](Cc2ccc(OCc3ccccc3)cc2)NC1=O)N[C@H](CO)Cc1ccc(OCc2ccccc2)cc1. The van der Waals surface area contributed by atoms with E-state index >= 15 is 0 Å². The van der Waals surface area contributed by atoms with Crippen molar-refractivity contribution in [2.75, 3.05) is 13.2 Å². The van der Waals surface area contributed by atoms with Crippen LogP contribution in [-0.2, 0) is 45.2 Å². The molecular weight excluding hydrogens is 644 g/mol. The second-order valence-electron chi connectivity index (χ2n) is 12.7. The summed E-state index contributed by atoms with van der Waals surface area (Å²) in [6.45, 7) is 0.680. The molecule has 51 heavy (non-hydrogen) atoms. The lowest BCUT2D eigenvalue weighted by molar-refractivity contribution is -0.145. The van der Waals surface area contributed by atoms with Crippen LogP contribution in [0.25, 0.3) is 0 Å². The molecule has 1 heterocycles. The van der Waals surface area contributed by atoms with Crippen molar-refractivity contribution in [1.82, 2.24) is 10.6 Å². The number of aliphatic hydroxyl groups is 1. The molecule has 3 atom stereocenters. The van der Waals surface area contributed by atoms with Gasteiger partial charge in [0.1, 0.15) is 31.3 Å². The number of nitrogens with one attached hydrogen (secondary N) is 2. The molecule has 1 aliphatic heterocycles. The van der Waals surface area contributed by atoms with Crippen LogP contribution in [0.1, 0.15) is 47.9 Å². The summed E-state index contributed by atoms with van der Waals surface area (Å²) < 4.78 is 17.3. The van der Waals surface area contributed by atoms with E-state index in [1.165, 1.54) is 0 Å². The Bertz CT molecular complexity index is 1690. The largest absolute Gasteiger partial charge is 0.489 e. The summed E-state index contributed by atoms with van der Waals surface area (Å²) in [7, 11) is 0. The number of hydrogen-bond donors (Lipinski definition) is 3. The average molecular weight is 691 g/mol. The highest BCUT2D eigenvalue weighted by Crippen LogP contribution is 2.19. The van der Waals surface area contributed by atoms with E-state index in [-0.39, 0.29) is 43.8 Å². The van der Waals surface area contributed by atoms with E-state index in [0.29, 0.717) is 38.9 Å². The number of allylic oxidation sites excluding steroid dienone is 2. The molecule has 0 saturated carbocycles. The van der Waals surface area contributed by atoms with E-state index in [9.17, 15) is 19.5 Å². The van der Waals surface area contributed by atoms with Crippen LogP contribution in [0, 0.1) is 5.92 Å². The van der Waals surface area contributed by atoms with Crippen molar-refractivity contribution in [3.8, 4) is 11.5 Å². The molecule has 0 fully saturated rings. The molecule has 3 N–H and O–H groups in total. The van der Waals surface area contributed by atoms with Crippen LogP contribution >= 0.6 is 0 Å². The predicted molar refractivity (Wildman–Crippen MR) is 195 cm³/mol. The van der Waals surface area contributed by atoms with Crippen LogP contribution < -0.4 is 20.1 Å². The normalized spacial score (nSPS) is 17.2. The standard InChI is InChI=1S/C42H46N2O7/c45-27-36(24-31-16-20-38(21-17-31)49-28-33-10-4-1-5-11-33)43-40(46)26-35-14-8-3-9-15-41(47)51-30-37(44-42(35)48)25-32-18-22-39(23-19-32)50-29-34-12-6-2-7-13-34/h1-8,10-13,16-23,35-37,45H,9,14-15,24-30H2,(H,43,46)(H,44,48)/t35-,36+,37+/m1/s1. The number of carbonyl (C=O) groups is 3. The van der Waals surface area contributed by atoms with Crippen molar-refractivity contribution in [2.45, 2.75) is 63.8 Å². The van der Waals surface area contributed by atoms with Gasteiger partial charge in [0.15, 0.2) is 0 Å². The zero-order valence-corrected chi connectivity index (χ0v) is 28.7. The number of amides is 2. The van der Waals surface area contributed by atoms with Gasteiger partial charge in [-0.3, -0.25) is 14.4 Å². The minimum Gasteiger partial charge on any atom is -0.489 e. The van der Waals surface area contributed by atoms with Gasteiger partial charge in [-0.05, 0) is 72.2 Å². The number of benzene rings is 4. The Labute approximate surface area is 299 Å². The summed E-state index contributed by atoms with van der Waals surface area (Å²) in [6.07, 6.45) is 5.51. The topological polar surface area (TPSA) is 123 Å². The maximum Gasteiger partial charge on any atom is 0.306 e. The maximum atomic E-state index is 13.6. The fraction of sp³-hybridized carbons (Fsp3) is 0.310. The lowest BCUT2D eigenvalue weighted by Crippen LogP contribution is -2.45. The van der Waals surface area contributed by atoms with E-state index in [4.69, 9.17) is 14.2 Å². The first kappa shape index (κ1) is 36.9. The number of carbonyl (C=O) groups excluding carboxylic acids is 3. The van der Waals surface area contributed by atoms with Crippen molar-refractivity contribution >= 4 is 17.8 Å². The summed E-state index contributed by atoms with van der Waals surface area (Å²) in [5, 5.41) is 16.0. The molecule has 4 aromatic rings. The van der Waals surface area contributed by atoms with Crippen molar-refractivity contribution in [1.29, 1.82) is 0 Å². The second-order valence-corrected chi connectivity index (χ2v) is 12.7. The average Bonchev–Trinajstić information content (AvgIpc) is 3.16. The van der Waals surface area contributed by atoms with Gasteiger partial charge in [0.05, 0.1) is 24.6 Å². The third kappa shape index (κ3) is 12.8. The van der Waals surface area contributed by atoms with Gasteiger partial charge in [0, 0.05) is 12.8 Å². The van der Waals surface area contributed by atoms with Gasteiger partial charge in [-0.15, -0.1) is 0 Å². The molecule has 0 aliphatic carbocycles. The highest BCUT2D eigenvalue weighted by atomic mass is 16.5. The molecular formula is C42H46N2O7. The van der Waals surface area contributed by atoms with Gasteiger partial charge < -0.3 is 30.0 Å². The van der Waals surface area contributed by atoms with Crippen LogP contribution in [0.4, 0.5) is 0 Å². The van der Waals surface area contributed by atoms with Gasteiger partial charge in [-0.2, -0.15) is 0 Å². The van der Waals surface area contributed by atoms with Gasteiger partial charge in [-0.25, -0.2) is 0 Å². The highest BCUT2D eigenvalue weighted by molar-refractivity contribution is 5.86. The summed E-state index contributed by atoms with van der Waals surface area (Å²) in [4.78, 5) is 39.1. The fourth-order valence-electron chi connectivity index (χ4n) is 5.76. The molecule has 0 radical (unpaired) electrons. The number of ether oxygens (including phenoxy) is 3. The molecule has 0 saturated heterocycles. The number of cyclic esters (lactones) is 1. The van der Waals surface area contributed by atoms with Crippen LogP contribution in [0.2, 0.25) is 0 Å². The van der Waals surface area contributed by atoms with Crippen LogP contribution in [-0.4, -0.2) is 48.2 Å². The van der Waals surface area contributed by atoms with E-state index in [2.05, 4.69) is 10.6 Å². The highest BCUT2D eigenvalue weighted by Gasteiger charge is 2.26. The molecule has 5 rings (SSSR count). The second kappa shape index (κ2) is 19.7. The summed E-state index contributed by atoms with van der Waals surface area (Å²) in [6, 6.07) is 34.0. The molecule has 9 nitrogen and oxygen atoms in total. The van der Waals surface area contributed by atoms with Gasteiger partial charge in [0.2, 0.25) is 11.8 Å². The first-order chi connectivity index (χ1) is 24.9. The maximum absolute atomic E-state index is 13.6. The molecule has 0 spiro atoms. The van der Waals surface area contributed by atoms with Crippen LogP contribution in [0.5, 0.6) is 11.5 Å². The van der Waals surface area contributed by atoms with Crippen molar-refractivity contribution in [3.63, 3.8) is 0 Å². The molecule has 1 aliphatic rings. The Morgan fingerprint density at radius 1 is 0.784 bits per heavy atom. The molecule has 9 heteroatoms. The minimum absolute atomic E-state index is 0.0160. The Morgan fingerprint density at radius 2 is 1.37 bits per heavy atom. The first-order valence-corrected chi connectivity index (χ1v) is 17.5. The molecule has 4 aromatic carbocycles. The van der Waals surface area contributed by atoms with Crippen molar-refractivity contribution < 1.29 is 33.7 Å². The van der Waals surface area contributed by atoms with Crippen molar-refractivity contribution in [2.24, 2.45) is 5.92 Å². The summed E-state index contributed by atoms with van der Waals surface area (Å²) >= 11 is 0.